The van der Waals surface area contributed by atoms with Gasteiger partial charge in [-0.1, -0.05) is 19.3 Å². The molecule has 0 fully saturated rings. The van der Waals surface area contributed by atoms with Crippen molar-refractivity contribution < 1.29 is 9.59 Å². The Morgan fingerprint density at radius 3 is 2.43 bits per heavy atom. The molecule has 0 aromatic heterocycles. The fraction of sp³-hybridized carbons (Fsp3) is 0.778. The molecule has 0 heterocycles. The van der Waals surface area contributed by atoms with Gasteiger partial charge in [0.25, 0.3) is 0 Å². The van der Waals surface area contributed by atoms with Crippen LogP contribution in [0, 0.1) is 0 Å². The topological polar surface area (TPSA) is 58.9 Å². The highest BCUT2D eigenvalue weighted by molar-refractivity contribution is 7.80. The molecule has 1 atom stereocenters. The molecule has 0 bridgehead atoms. The largest absolute Gasteiger partial charge is 0.236 e. The first-order valence-corrected chi connectivity index (χ1v) is 5.11. The summed E-state index contributed by atoms with van der Waals surface area (Å²) >= 11 is 4.07. The van der Waals surface area contributed by atoms with Gasteiger partial charge in [-0.3, -0.25) is 0 Å². The molecule has 0 saturated carbocycles. The minimum absolute atomic E-state index is 0.222. The van der Waals surface area contributed by atoms with Crippen molar-refractivity contribution in [1.29, 1.82) is 0 Å². The second-order valence-electron chi connectivity index (χ2n) is 2.88. The fourth-order valence-corrected chi connectivity index (χ4v) is 1.27. The van der Waals surface area contributed by atoms with Crippen LogP contribution in [0.25, 0.3) is 0 Å². The molecule has 0 amide bonds. The van der Waals surface area contributed by atoms with Crippen LogP contribution in [0.5, 0.6) is 0 Å². The van der Waals surface area contributed by atoms with E-state index in [0.29, 0.717) is 6.54 Å². The number of rotatable bonds is 8. The lowest BCUT2D eigenvalue weighted by atomic mass is 10.1. The number of thiol groups is 1. The van der Waals surface area contributed by atoms with Gasteiger partial charge in [-0.25, -0.2) is 14.6 Å². The summed E-state index contributed by atoms with van der Waals surface area (Å²) in [5, 5.41) is -0.222. The Kier molecular flexibility index (Phi) is 9.54. The van der Waals surface area contributed by atoms with Gasteiger partial charge in [0.2, 0.25) is 12.2 Å². The summed E-state index contributed by atoms with van der Waals surface area (Å²) in [4.78, 5) is 26.4. The summed E-state index contributed by atoms with van der Waals surface area (Å²) in [7, 11) is 0. The van der Waals surface area contributed by atoms with Gasteiger partial charge in [0.15, 0.2) is 0 Å². The van der Waals surface area contributed by atoms with E-state index in [4.69, 9.17) is 0 Å². The van der Waals surface area contributed by atoms with Gasteiger partial charge < -0.3 is 0 Å². The van der Waals surface area contributed by atoms with E-state index in [0.717, 1.165) is 32.1 Å². The maximum absolute atomic E-state index is 9.83. The van der Waals surface area contributed by atoms with E-state index in [2.05, 4.69) is 22.6 Å². The number of hydrogen-bond donors (Lipinski definition) is 1. The molecule has 1 unspecified atom stereocenters. The number of isocyanates is 2. The van der Waals surface area contributed by atoms with E-state index >= 15 is 0 Å². The molecule has 0 spiro atoms. The van der Waals surface area contributed by atoms with Crippen LogP contribution in [0.15, 0.2) is 9.98 Å². The molecule has 0 radical (unpaired) electrons. The molecule has 5 heteroatoms. The van der Waals surface area contributed by atoms with Crippen molar-refractivity contribution in [3.8, 4) is 0 Å². The van der Waals surface area contributed by atoms with Crippen LogP contribution in [0.1, 0.15) is 32.1 Å². The highest BCUT2D eigenvalue weighted by Gasteiger charge is 1.98. The van der Waals surface area contributed by atoms with Gasteiger partial charge in [0.05, 0.1) is 6.54 Å². The molecule has 14 heavy (non-hydrogen) atoms. The predicted molar refractivity (Wildman–Crippen MR) is 57.0 cm³/mol. The van der Waals surface area contributed by atoms with E-state index in [1.165, 1.54) is 12.2 Å². The van der Waals surface area contributed by atoms with Gasteiger partial charge in [-0.05, 0) is 12.8 Å². The summed E-state index contributed by atoms with van der Waals surface area (Å²) in [5.74, 6) is 0. The monoisotopic (exact) mass is 214 g/mol. The highest BCUT2D eigenvalue weighted by Crippen LogP contribution is 2.10. The van der Waals surface area contributed by atoms with Gasteiger partial charge in [-0.2, -0.15) is 17.6 Å². The van der Waals surface area contributed by atoms with Crippen molar-refractivity contribution in [2.75, 3.05) is 6.54 Å². The lowest BCUT2D eigenvalue weighted by Gasteiger charge is -2.01. The smallest absolute Gasteiger partial charge is 0.211 e. The standard InChI is InChI=1S/C9H14N2O2S/c12-7-10-6-4-2-1-3-5-9(14)11-8-13/h9,14H,1-6H2. The maximum atomic E-state index is 9.83. The summed E-state index contributed by atoms with van der Waals surface area (Å²) < 4.78 is 0. The molecule has 0 saturated heterocycles. The van der Waals surface area contributed by atoms with E-state index < -0.39 is 0 Å². The molecular weight excluding hydrogens is 200 g/mol. The third-order valence-electron chi connectivity index (χ3n) is 1.75. The van der Waals surface area contributed by atoms with Crippen LogP contribution in [-0.2, 0) is 9.59 Å². The Hall–Kier alpha value is -0.890. The normalized spacial score (nSPS) is 11.2. The van der Waals surface area contributed by atoms with E-state index in [-0.39, 0.29) is 5.37 Å². The second kappa shape index (κ2) is 10.2. The number of hydrogen-bond acceptors (Lipinski definition) is 5. The van der Waals surface area contributed by atoms with Crippen molar-refractivity contribution in [2.24, 2.45) is 9.98 Å². The number of unbranched alkanes of at least 4 members (excludes halogenated alkanes) is 3. The van der Waals surface area contributed by atoms with Crippen LogP contribution in [0.3, 0.4) is 0 Å². The zero-order valence-electron chi connectivity index (χ0n) is 7.98. The Morgan fingerprint density at radius 2 is 1.79 bits per heavy atom. The lowest BCUT2D eigenvalue weighted by molar-refractivity contribution is 0.557. The molecule has 0 rings (SSSR count). The molecule has 0 aliphatic heterocycles. The lowest BCUT2D eigenvalue weighted by Crippen LogP contribution is -1.93. The van der Waals surface area contributed by atoms with Gasteiger partial charge in [0.1, 0.15) is 5.37 Å². The van der Waals surface area contributed by atoms with Crippen LogP contribution >= 0.6 is 12.6 Å². The molecule has 0 aromatic carbocycles. The van der Waals surface area contributed by atoms with Crippen molar-refractivity contribution in [3.63, 3.8) is 0 Å². The second-order valence-corrected chi connectivity index (χ2v) is 3.47. The molecule has 0 aliphatic carbocycles. The van der Waals surface area contributed by atoms with Gasteiger partial charge in [0, 0.05) is 0 Å². The Labute approximate surface area is 88.9 Å². The zero-order chi connectivity index (χ0) is 10.6. The summed E-state index contributed by atoms with van der Waals surface area (Å²) in [6.07, 6.45) is 7.71. The van der Waals surface area contributed by atoms with E-state index in [1.807, 2.05) is 0 Å². The zero-order valence-corrected chi connectivity index (χ0v) is 8.87. The fourth-order valence-electron chi connectivity index (χ4n) is 1.04. The van der Waals surface area contributed by atoms with Crippen molar-refractivity contribution >= 4 is 24.8 Å². The van der Waals surface area contributed by atoms with Crippen LogP contribution in [-0.4, -0.2) is 24.1 Å². The SMILES string of the molecule is O=C=NCCCCCCC(S)N=C=O. The summed E-state index contributed by atoms with van der Waals surface area (Å²) in [5.41, 5.74) is 0. The Bertz CT molecular complexity index is 233. The minimum atomic E-state index is -0.222. The predicted octanol–water partition coefficient (Wildman–Crippen LogP) is 1.86. The average Bonchev–Trinajstić information content (AvgIpc) is 2.17. The molecule has 0 aliphatic rings. The molecule has 0 N–H and O–H groups in total. The van der Waals surface area contributed by atoms with E-state index in [1.54, 1.807) is 0 Å². The summed E-state index contributed by atoms with van der Waals surface area (Å²) in [6, 6.07) is 0. The number of carbonyl (C=O) groups excluding carboxylic acids is 2. The minimum Gasteiger partial charge on any atom is -0.211 e. The Balaban J connectivity index is 3.20. The van der Waals surface area contributed by atoms with Gasteiger partial charge >= 0.3 is 0 Å². The first kappa shape index (κ1) is 13.1. The van der Waals surface area contributed by atoms with Crippen molar-refractivity contribution in [1.82, 2.24) is 0 Å². The maximum Gasteiger partial charge on any atom is 0.236 e. The molecule has 4 nitrogen and oxygen atoms in total. The van der Waals surface area contributed by atoms with Crippen LogP contribution in [0.2, 0.25) is 0 Å². The third-order valence-corrected chi connectivity index (χ3v) is 2.12. The number of nitrogens with zero attached hydrogens (tertiary/aromatic N) is 2. The summed E-state index contributed by atoms with van der Waals surface area (Å²) in [6.45, 7) is 0.556. The van der Waals surface area contributed by atoms with Gasteiger partial charge in [-0.15, -0.1) is 0 Å². The quantitative estimate of drug-likeness (QED) is 0.290. The molecule has 78 valence electrons. The average molecular weight is 214 g/mol. The molecular formula is C9H14N2O2S. The van der Waals surface area contributed by atoms with Crippen LogP contribution in [0.4, 0.5) is 0 Å². The van der Waals surface area contributed by atoms with E-state index in [9.17, 15) is 9.59 Å². The number of aliphatic imine (C=N–C) groups is 2. The Morgan fingerprint density at radius 1 is 1.07 bits per heavy atom. The van der Waals surface area contributed by atoms with Crippen molar-refractivity contribution in [3.05, 3.63) is 0 Å². The highest BCUT2D eigenvalue weighted by atomic mass is 32.1. The van der Waals surface area contributed by atoms with Crippen molar-refractivity contribution in [2.45, 2.75) is 37.5 Å². The van der Waals surface area contributed by atoms with Crippen LogP contribution < -0.4 is 0 Å². The first-order valence-electron chi connectivity index (χ1n) is 4.60. The first-order chi connectivity index (χ1) is 6.81. The molecule has 0 aromatic rings. The third kappa shape index (κ3) is 9.20.